The van der Waals surface area contributed by atoms with E-state index in [4.69, 9.17) is 40.5 Å². The van der Waals surface area contributed by atoms with Gasteiger partial charge in [-0.3, -0.25) is 0 Å². The van der Waals surface area contributed by atoms with E-state index in [1.54, 1.807) is 68.4 Å². The fraction of sp³-hybridized carbons (Fsp3) is 0.160. The predicted molar refractivity (Wildman–Crippen MR) is 141 cm³/mol. The molecule has 0 spiro atoms. The number of hydrogen-bond acceptors (Lipinski definition) is 5. The fourth-order valence-corrected chi connectivity index (χ4v) is 4.52. The zero-order valence-corrected chi connectivity index (χ0v) is 21.8. The largest absolute Gasteiger partial charge is 0.400 e. The van der Waals surface area contributed by atoms with E-state index in [9.17, 15) is 13.5 Å². The second-order valence-corrected chi connectivity index (χ2v) is 11.5. The van der Waals surface area contributed by atoms with E-state index < -0.39 is 15.4 Å². The summed E-state index contributed by atoms with van der Waals surface area (Å²) < 4.78 is 23.8. The van der Waals surface area contributed by atoms with Crippen molar-refractivity contribution in [3.8, 4) is 11.1 Å². The molecule has 0 aliphatic carbocycles. The van der Waals surface area contributed by atoms with Crippen molar-refractivity contribution in [3.63, 3.8) is 0 Å². The first kappa shape index (κ1) is 26.3. The van der Waals surface area contributed by atoms with E-state index >= 15 is 0 Å². The summed E-state index contributed by atoms with van der Waals surface area (Å²) in [6.45, 7) is 3.11. The third kappa shape index (κ3) is 6.20. The highest BCUT2D eigenvalue weighted by atomic mass is 35.5. The van der Waals surface area contributed by atoms with Gasteiger partial charge in [0.25, 0.3) is 0 Å². The lowest BCUT2D eigenvalue weighted by molar-refractivity contribution is 0.118. The maximum atomic E-state index is 11.9. The number of nitrogens with two attached hydrogens (primary N) is 1. The molecule has 178 valence electrons. The van der Waals surface area contributed by atoms with Crippen molar-refractivity contribution >= 4 is 56.0 Å². The molecule has 0 radical (unpaired) electrons. The van der Waals surface area contributed by atoms with Crippen molar-refractivity contribution in [2.24, 2.45) is 10.7 Å². The predicted octanol–water partition coefficient (Wildman–Crippen LogP) is 6.45. The van der Waals surface area contributed by atoms with E-state index in [0.717, 1.165) is 11.8 Å². The van der Waals surface area contributed by atoms with Crippen molar-refractivity contribution in [3.05, 3.63) is 93.1 Å². The Morgan fingerprint density at radius 3 is 2.09 bits per heavy atom. The van der Waals surface area contributed by atoms with Gasteiger partial charge in [-0.05, 0) is 67.4 Å². The van der Waals surface area contributed by atoms with Crippen molar-refractivity contribution in [1.82, 2.24) is 0 Å². The number of benzene rings is 3. The molecule has 0 saturated carbocycles. The lowest BCUT2D eigenvalue weighted by atomic mass is 10.0. The molecule has 0 saturated heterocycles. The van der Waals surface area contributed by atoms with Gasteiger partial charge in [-0.15, -0.1) is 0 Å². The minimum atomic E-state index is -3.35. The summed E-state index contributed by atoms with van der Waals surface area (Å²) in [5, 5.41) is 11.3. The van der Waals surface area contributed by atoms with Crippen LogP contribution in [0.25, 0.3) is 11.1 Å². The smallest absolute Gasteiger partial charge is 0.175 e. The molecule has 0 fully saturated rings. The van der Waals surface area contributed by atoms with Gasteiger partial charge in [0.05, 0.1) is 37.0 Å². The number of aliphatic hydroxyl groups is 1. The lowest BCUT2D eigenvalue weighted by Gasteiger charge is -2.18. The van der Waals surface area contributed by atoms with Crippen LogP contribution in [0.1, 0.15) is 19.4 Å². The zero-order valence-electron chi connectivity index (χ0n) is 18.7. The Bertz CT molecular complexity index is 1390. The maximum Gasteiger partial charge on any atom is 0.175 e. The van der Waals surface area contributed by atoms with Crippen molar-refractivity contribution in [1.29, 1.82) is 0 Å². The summed E-state index contributed by atoms with van der Waals surface area (Å²) in [7, 11) is -3.35. The molecular weight excluding hydrogens is 515 g/mol. The molecule has 3 aromatic carbocycles. The average Bonchev–Trinajstić information content (AvgIpc) is 2.73. The van der Waals surface area contributed by atoms with E-state index in [-0.39, 0.29) is 10.6 Å². The molecule has 0 aliphatic heterocycles. The maximum absolute atomic E-state index is 11.9. The number of halogens is 3. The topological polar surface area (TPSA) is 92.8 Å². The van der Waals surface area contributed by atoms with E-state index in [0.29, 0.717) is 37.6 Å². The summed E-state index contributed by atoms with van der Waals surface area (Å²) in [4.78, 5) is 4.86. The van der Waals surface area contributed by atoms with Crippen LogP contribution < -0.4 is 5.73 Å². The van der Waals surface area contributed by atoms with E-state index in [1.165, 1.54) is 12.1 Å². The highest BCUT2D eigenvalue weighted by Gasteiger charge is 2.20. The first-order chi connectivity index (χ1) is 15.8. The first-order valence-corrected chi connectivity index (χ1v) is 13.1. The molecule has 3 rings (SSSR count). The average molecular weight is 538 g/mol. The zero-order chi connectivity index (χ0) is 25.3. The number of nitrogens with zero attached hydrogens (tertiary/aromatic N) is 1. The third-order valence-electron chi connectivity index (χ3n) is 5.00. The molecule has 3 N–H and O–H groups in total. The van der Waals surface area contributed by atoms with Crippen LogP contribution in [0, 0.1) is 0 Å². The molecule has 0 heterocycles. The summed E-state index contributed by atoms with van der Waals surface area (Å²) in [6.07, 6.45) is 2.66. The Kier molecular flexibility index (Phi) is 7.80. The fourth-order valence-electron chi connectivity index (χ4n) is 3.04. The Morgan fingerprint density at radius 2 is 1.53 bits per heavy atom. The molecule has 0 amide bonds. The molecule has 9 heteroatoms. The first-order valence-electron chi connectivity index (χ1n) is 10.1. The molecule has 0 bridgehead atoms. The number of hydrogen-bond donors (Lipinski definition) is 2. The van der Waals surface area contributed by atoms with Gasteiger partial charge in [0.2, 0.25) is 0 Å². The van der Waals surface area contributed by atoms with Crippen LogP contribution in [0.3, 0.4) is 0 Å². The van der Waals surface area contributed by atoms with Crippen molar-refractivity contribution < 1.29 is 13.5 Å². The van der Waals surface area contributed by atoms with Crippen LogP contribution in [0.5, 0.6) is 0 Å². The standard InChI is InChI=1S/C25H23Cl3N2O3S/c1-25(2,31)23(29)14-22(24-18(26)8-5-9-19(24)27)30-21-11-10-16(13-20(21)28)15-6-4-7-17(12-15)34(3,32)33/h4-14,31H,29H2,1-3H3. The Hall–Kier alpha value is -2.35. The van der Waals surface area contributed by atoms with Gasteiger partial charge in [-0.25, -0.2) is 13.4 Å². The Balaban J connectivity index is 2.14. The summed E-state index contributed by atoms with van der Waals surface area (Å²) in [5.74, 6) is 0. The SMILES string of the molecule is CC(C)(O)C(N)=CC(=Nc1ccc(-c2cccc(S(C)(=O)=O)c2)cc1Cl)c1c(Cl)cccc1Cl. The number of sulfone groups is 1. The Labute approximate surface area is 214 Å². The Morgan fingerprint density at radius 1 is 0.941 bits per heavy atom. The molecule has 3 aromatic rings. The molecule has 0 aromatic heterocycles. The summed E-state index contributed by atoms with van der Waals surface area (Å²) >= 11 is 19.4. The van der Waals surface area contributed by atoms with Crippen molar-refractivity contribution in [2.75, 3.05) is 6.26 Å². The van der Waals surface area contributed by atoms with E-state index in [2.05, 4.69) is 4.99 Å². The minimum absolute atomic E-state index is 0.160. The van der Waals surface area contributed by atoms with Crippen LogP contribution in [-0.2, 0) is 9.84 Å². The van der Waals surface area contributed by atoms with Crippen molar-refractivity contribution in [2.45, 2.75) is 24.3 Å². The monoisotopic (exact) mass is 536 g/mol. The molecule has 0 aliphatic rings. The van der Waals surface area contributed by atoms with Crippen LogP contribution in [0.4, 0.5) is 5.69 Å². The molecule has 0 atom stereocenters. The highest BCUT2D eigenvalue weighted by molar-refractivity contribution is 7.90. The van der Waals surface area contributed by atoms with Gasteiger partial charge in [0, 0.05) is 17.5 Å². The quantitative estimate of drug-likeness (QED) is 0.353. The number of rotatable bonds is 6. The van der Waals surface area contributed by atoms with Gasteiger partial charge >= 0.3 is 0 Å². The normalized spacial score (nSPS) is 13.3. The third-order valence-corrected chi connectivity index (χ3v) is 7.04. The minimum Gasteiger partial charge on any atom is -0.400 e. The van der Waals surface area contributed by atoms with Gasteiger partial charge in [0.1, 0.15) is 0 Å². The van der Waals surface area contributed by atoms with E-state index in [1.807, 2.05) is 0 Å². The van der Waals surface area contributed by atoms with Gasteiger partial charge in [0.15, 0.2) is 9.84 Å². The lowest BCUT2D eigenvalue weighted by Crippen LogP contribution is -2.28. The second-order valence-electron chi connectivity index (χ2n) is 8.22. The van der Waals surface area contributed by atoms with Crippen LogP contribution in [0.2, 0.25) is 15.1 Å². The van der Waals surface area contributed by atoms with Gasteiger partial charge in [-0.1, -0.05) is 59.1 Å². The van der Waals surface area contributed by atoms with Crippen LogP contribution in [0.15, 0.2) is 82.3 Å². The summed E-state index contributed by atoms with van der Waals surface area (Å²) in [5.41, 5.74) is 7.55. The van der Waals surface area contributed by atoms with Gasteiger partial charge in [-0.2, -0.15) is 0 Å². The number of aliphatic imine (C=N–C) groups is 1. The van der Waals surface area contributed by atoms with Crippen LogP contribution in [-0.4, -0.2) is 31.1 Å². The molecule has 34 heavy (non-hydrogen) atoms. The highest BCUT2D eigenvalue weighted by Crippen LogP contribution is 2.34. The molecular formula is C25H23Cl3N2O3S. The molecule has 5 nitrogen and oxygen atoms in total. The number of allylic oxidation sites excluding steroid dienone is 1. The molecule has 0 unspecified atom stereocenters. The second kappa shape index (κ2) is 10.1. The van der Waals surface area contributed by atoms with Gasteiger partial charge < -0.3 is 10.8 Å². The van der Waals surface area contributed by atoms with Crippen LogP contribution >= 0.6 is 34.8 Å². The summed E-state index contributed by atoms with van der Waals surface area (Å²) in [6, 6.07) is 16.8.